The highest BCUT2D eigenvalue weighted by molar-refractivity contribution is 5.98. The molecule has 1 aliphatic carbocycles. The highest BCUT2D eigenvalue weighted by Crippen LogP contribution is 2.45. The van der Waals surface area contributed by atoms with Crippen LogP contribution in [0.2, 0.25) is 0 Å². The van der Waals surface area contributed by atoms with Crippen molar-refractivity contribution in [2.24, 2.45) is 5.92 Å². The normalized spacial score (nSPS) is 21.2. The number of rotatable bonds is 5. The third-order valence-corrected chi connectivity index (χ3v) is 8.08. The molecule has 2 aromatic carbocycles. The summed E-state index contributed by atoms with van der Waals surface area (Å²) < 4.78 is 0. The van der Waals surface area contributed by atoms with Crippen LogP contribution in [0.1, 0.15) is 50.7 Å². The average molecular weight is 446 g/mol. The Labute approximate surface area is 199 Å². The second kappa shape index (κ2) is 9.32. The van der Waals surface area contributed by atoms with Crippen LogP contribution in [0, 0.1) is 5.92 Å². The van der Waals surface area contributed by atoms with Gasteiger partial charge in [-0.05, 0) is 74.9 Å². The van der Waals surface area contributed by atoms with Gasteiger partial charge in [0.25, 0.3) is 0 Å². The quantitative estimate of drug-likeness (QED) is 0.677. The summed E-state index contributed by atoms with van der Waals surface area (Å²) in [7, 11) is 0. The van der Waals surface area contributed by atoms with Crippen LogP contribution in [0.5, 0.6) is 0 Å². The van der Waals surface area contributed by atoms with Crippen LogP contribution in [0.4, 0.5) is 0 Å². The van der Waals surface area contributed by atoms with E-state index in [-0.39, 0.29) is 11.5 Å². The van der Waals surface area contributed by atoms with E-state index < -0.39 is 0 Å². The molecule has 2 fully saturated rings. The molecule has 0 bridgehead atoms. The zero-order chi connectivity index (χ0) is 23.0. The Morgan fingerprint density at radius 2 is 1.33 bits per heavy atom. The number of piperidine rings is 1. The molecule has 4 heteroatoms. The van der Waals surface area contributed by atoms with Crippen molar-refractivity contribution in [2.45, 2.75) is 45.1 Å². The minimum absolute atomic E-state index is 0.103. The van der Waals surface area contributed by atoms with Gasteiger partial charge in [-0.2, -0.15) is 0 Å². The predicted molar refractivity (Wildman–Crippen MR) is 136 cm³/mol. The SMILES string of the molecule is CC(C)(C)N1CCN(CC2CCN(CC(=O)C3c4ccccc4-c4ccccc43)CC2)CC1. The number of hydrogen-bond donors (Lipinski definition) is 0. The van der Waals surface area contributed by atoms with Gasteiger partial charge in [-0.3, -0.25) is 14.6 Å². The van der Waals surface area contributed by atoms with Gasteiger partial charge in [0, 0.05) is 38.3 Å². The third-order valence-electron chi connectivity index (χ3n) is 8.08. The fourth-order valence-electron chi connectivity index (χ4n) is 6.11. The van der Waals surface area contributed by atoms with E-state index >= 15 is 0 Å². The van der Waals surface area contributed by atoms with E-state index in [1.807, 2.05) is 0 Å². The highest BCUT2D eigenvalue weighted by atomic mass is 16.1. The number of nitrogens with zero attached hydrogens (tertiary/aromatic N) is 3. The third kappa shape index (κ3) is 4.80. The number of carbonyl (C=O) groups excluding carboxylic acids is 1. The van der Waals surface area contributed by atoms with Gasteiger partial charge in [-0.15, -0.1) is 0 Å². The van der Waals surface area contributed by atoms with Gasteiger partial charge in [0.15, 0.2) is 5.78 Å². The molecular weight excluding hydrogens is 406 g/mol. The Morgan fingerprint density at radius 3 is 1.88 bits per heavy atom. The van der Waals surface area contributed by atoms with Crippen LogP contribution in [0.3, 0.4) is 0 Å². The monoisotopic (exact) mass is 445 g/mol. The lowest BCUT2D eigenvalue weighted by atomic mass is 9.91. The molecule has 0 aromatic heterocycles. The van der Waals surface area contributed by atoms with Crippen molar-refractivity contribution in [3.63, 3.8) is 0 Å². The summed E-state index contributed by atoms with van der Waals surface area (Å²) in [5.74, 6) is 1.02. The molecule has 0 saturated carbocycles. The summed E-state index contributed by atoms with van der Waals surface area (Å²) in [6, 6.07) is 16.9. The molecule has 0 amide bonds. The Bertz CT molecular complexity index is 933. The second-order valence-corrected chi connectivity index (χ2v) is 11.3. The number of carbonyl (C=O) groups is 1. The Balaban J connectivity index is 1.14. The smallest absolute Gasteiger partial charge is 0.158 e. The lowest BCUT2D eigenvalue weighted by Gasteiger charge is -2.43. The number of Topliss-reactive ketones (excluding diaryl/α,β-unsaturated/α-hetero) is 1. The van der Waals surface area contributed by atoms with Crippen molar-refractivity contribution in [1.82, 2.24) is 14.7 Å². The molecule has 0 unspecified atom stereocenters. The fraction of sp³-hybridized carbons (Fsp3) is 0.552. The zero-order valence-corrected chi connectivity index (χ0v) is 20.6. The van der Waals surface area contributed by atoms with Crippen molar-refractivity contribution in [3.05, 3.63) is 59.7 Å². The summed E-state index contributed by atoms with van der Waals surface area (Å²) in [5.41, 5.74) is 5.12. The minimum atomic E-state index is -0.103. The largest absolute Gasteiger partial charge is 0.301 e. The number of piperazine rings is 1. The average Bonchev–Trinajstić information content (AvgIpc) is 3.15. The first-order chi connectivity index (χ1) is 15.9. The van der Waals surface area contributed by atoms with Crippen molar-refractivity contribution in [2.75, 3.05) is 52.4 Å². The van der Waals surface area contributed by atoms with Gasteiger partial charge in [-0.25, -0.2) is 0 Å². The maximum Gasteiger partial charge on any atom is 0.158 e. The number of fused-ring (bicyclic) bond motifs is 3. The van der Waals surface area contributed by atoms with E-state index in [1.165, 1.54) is 67.8 Å². The van der Waals surface area contributed by atoms with Crippen molar-refractivity contribution >= 4 is 5.78 Å². The first-order valence-corrected chi connectivity index (χ1v) is 12.8. The van der Waals surface area contributed by atoms with Gasteiger partial charge in [0.1, 0.15) is 0 Å². The van der Waals surface area contributed by atoms with E-state index in [1.54, 1.807) is 0 Å². The van der Waals surface area contributed by atoms with Crippen LogP contribution in [-0.4, -0.2) is 78.4 Å². The zero-order valence-electron chi connectivity index (χ0n) is 20.6. The van der Waals surface area contributed by atoms with E-state index in [0.717, 1.165) is 19.0 Å². The molecule has 0 radical (unpaired) electrons. The lowest BCUT2D eigenvalue weighted by molar-refractivity contribution is -0.121. The molecule has 2 heterocycles. The summed E-state index contributed by atoms with van der Waals surface area (Å²) in [5, 5.41) is 0. The molecule has 0 spiro atoms. The van der Waals surface area contributed by atoms with Crippen molar-refractivity contribution in [1.29, 1.82) is 0 Å². The molecule has 2 aromatic rings. The Hall–Kier alpha value is -2.01. The summed E-state index contributed by atoms with van der Waals surface area (Å²) in [4.78, 5) is 21.2. The van der Waals surface area contributed by atoms with Gasteiger partial charge < -0.3 is 4.90 Å². The number of hydrogen-bond acceptors (Lipinski definition) is 4. The molecule has 0 atom stereocenters. The first kappa shape index (κ1) is 22.8. The van der Waals surface area contributed by atoms with Crippen LogP contribution >= 0.6 is 0 Å². The molecule has 33 heavy (non-hydrogen) atoms. The van der Waals surface area contributed by atoms with E-state index in [9.17, 15) is 4.79 Å². The second-order valence-electron chi connectivity index (χ2n) is 11.3. The molecule has 176 valence electrons. The number of benzene rings is 2. The Kier molecular flexibility index (Phi) is 6.43. The van der Waals surface area contributed by atoms with Crippen LogP contribution in [-0.2, 0) is 4.79 Å². The standard InChI is InChI=1S/C29H39N3O/c1-29(2,3)32-18-16-31(17-19-32)20-22-12-14-30(15-13-22)21-27(33)28-25-10-6-4-8-23(25)24-9-5-7-11-26(24)28/h4-11,22,28H,12-21H2,1-3H3. The molecular formula is C29H39N3O. The molecule has 2 saturated heterocycles. The van der Waals surface area contributed by atoms with Gasteiger partial charge in [0.05, 0.1) is 12.5 Å². The van der Waals surface area contributed by atoms with Crippen LogP contribution in [0.15, 0.2) is 48.5 Å². The van der Waals surface area contributed by atoms with E-state index in [4.69, 9.17) is 0 Å². The lowest BCUT2D eigenvalue weighted by Crippen LogP contribution is -2.54. The molecule has 0 N–H and O–H groups in total. The van der Waals surface area contributed by atoms with Gasteiger partial charge >= 0.3 is 0 Å². The maximum absolute atomic E-state index is 13.5. The molecule has 5 rings (SSSR count). The van der Waals surface area contributed by atoms with E-state index in [0.29, 0.717) is 12.3 Å². The molecule has 4 nitrogen and oxygen atoms in total. The number of ketones is 1. The van der Waals surface area contributed by atoms with Crippen LogP contribution < -0.4 is 0 Å². The number of likely N-dealkylation sites (tertiary alicyclic amines) is 1. The predicted octanol–water partition coefficient (Wildman–Crippen LogP) is 4.50. The fourth-order valence-corrected chi connectivity index (χ4v) is 6.11. The summed E-state index contributed by atoms with van der Waals surface area (Å²) >= 11 is 0. The topological polar surface area (TPSA) is 26.8 Å². The van der Waals surface area contributed by atoms with Gasteiger partial charge in [-0.1, -0.05) is 48.5 Å². The van der Waals surface area contributed by atoms with Crippen LogP contribution in [0.25, 0.3) is 11.1 Å². The summed E-state index contributed by atoms with van der Waals surface area (Å²) in [6.07, 6.45) is 2.43. The highest BCUT2D eigenvalue weighted by Gasteiger charge is 2.34. The molecule has 2 aliphatic heterocycles. The maximum atomic E-state index is 13.5. The Morgan fingerprint density at radius 1 is 0.788 bits per heavy atom. The van der Waals surface area contributed by atoms with E-state index in [2.05, 4.69) is 84.0 Å². The minimum Gasteiger partial charge on any atom is -0.301 e. The summed E-state index contributed by atoms with van der Waals surface area (Å²) in [6.45, 7) is 15.6. The molecule has 3 aliphatic rings. The van der Waals surface area contributed by atoms with Crippen molar-refractivity contribution in [3.8, 4) is 11.1 Å². The first-order valence-electron chi connectivity index (χ1n) is 12.8. The van der Waals surface area contributed by atoms with Crippen molar-refractivity contribution < 1.29 is 4.79 Å². The van der Waals surface area contributed by atoms with Gasteiger partial charge in [0.2, 0.25) is 0 Å².